The second kappa shape index (κ2) is 13.0. The Kier molecular flexibility index (Phi) is 9.49. The van der Waals surface area contributed by atoms with Gasteiger partial charge in [-0.2, -0.15) is 18.3 Å². The van der Waals surface area contributed by atoms with Gasteiger partial charge in [0.1, 0.15) is 25.4 Å². The quantitative estimate of drug-likeness (QED) is 0.137. The summed E-state index contributed by atoms with van der Waals surface area (Å²) in [5.41, 5.74) is 1.83. The first kappa shape index (κ1) is 32.8. The van der Waals surface area contributed by atoms with E-state index >= 15 is 0 Å². The molecule has 0 bridgehead atoms. The molecule has 2 atom stereocenters. The highest BCUT2D eigenvalue weighted by Gasteiger charge is 2.32. The normalized spacial score (nSPS) is 17.6. The van der Waals surface area contributed by atoms with Crippen LogP contribution in [0, 0.1) is 11.8 Å². The zero-order valence-electron chi connectivity index (χ0n) is 25.6. The Labute approximate surface area is 263 Å². The summed E-state index contributed by atoms with van der Waals surface area (Å²) in [6, 6.07) is 8.13. The lowest BCUT2D eigenvalue weighted by Gasteiger charge is -2.33. The molecule has 2 unspecified atom stereocenters. The molecule has 1 aliphatic rings. The minimum atomic E-state index is -4.44. The maximum atomic E-state index is 14.8. The Morgan fingerprint density at radius 2 is 1.98 bits per heavy atom. The van der Waals surface area contributed by atoms with E-state index in [0.717, 1.165) is 6.54 Å². The number of ether oxygens (including phenoxy) is 1. The lowest BCUT2D eigenvalue weighted by molar-refractivity contribution is -0.126. The molecule has 0 aliphatic carbocycles. The number of methoxy groups -OCH3 is 1. The highest BCUT2D eigenvalue weighted by atomic mass is 32.1. The smallest absolute Gasteiger partial charge is 0.393 e. The van der Waals surface area contributed by atoms with Crippen LogP contribution in [0.5, 0.6) is 5.75 Å². The van der Waals surface area contributed by atoms with Crippen LogP contribution in [0.1, 0.15) is 16.9 Å². The summed E-state index contributed by atoms with van der Waals surface area (Å²) in [6.45, 7) is 4.42. The molecule has 3 heterocycles. The number of aromatic nitrogens is 3. The fourth-order valence-corrected chi connectivity index (χ4v) is 7.75. The van der Waals surface area contributed by atoms with Crippen molar-refractivity contribution in [2.24, 2.45) is 7.05 Å². The van der Waals surface area contributed by atoms with Crippen molar-refractivity contribution in [1.82, 2.24) is 19.7 Å². The predicted molar refractivity (Wildman–Crippen MR) is 173 cm³/mol. The van der Waals surface area contributed by atoms with Crippen LogP contribution >= 0.6 is 18.5 Å². The van der Waals surface area contributed by atoms with Crippen LogP contribution in [0.3, 0.4) is 0 Å². The van der Waals surface area contributed by atoms with E-state index in [1.54, 1.807) is 61.7 Å². The maximum Gasteiger partial charge on any atom is 0.393 e. The van der Waals surface area contributed by atoms with Gasteiger partial charge in [-0.3, -0.25) is 4.68 Å². The Morgan fingerprint density at radius 1 is 1.20 bits per heavy atom. The number of aryl methyl sites for hydroxylation is 1. The van der Waals surface area contributed by atoms with E-state index in [-0.39, 0.29) is 12.1 Å². The summed E-state index contributed by atoms with van der Waals surface area (Å²) in [7, 11) is 2.34. The number of fused-ring (bicyclic) bond motifs is 1. The molecule has 2 aromatic heterocycles. The van der Waals surface area contributed by atoms with Crippen molar-refractivity contribution in [2.45, 2.75) is 31.2 Å². The summed E-state index contributed by atoms with van der Waals surface area (Å²) in [5.74, 6) is 6.75. The van der Waals surface area contributed by atoms with E-state index in [0.29, 0.717) is 61.7 Å². The van der Waals surface area contributed by atoms with Crippen molar-refractivity contribution >= 4 is 45.2 Å². The lowest BCUT2D eigenvalue weighted by atomic mass is 10.0. The van der Waals surface area contributed by atoms with Crippen LogP contribution in [0.4, 0.5) is 28.9 Å². The molecule has 4 aromatic rings. The third-order valence-corrected chi connectivity index (χ3v) is 10.3. The molecule has 0 amide bonds. The summed E-state index contributed by atoms with van der Waals surface area (Å²) in [5, 5.41) is 11.8. The van der Waals surface area contributed by atoms with Crippen molar-refractivity contribution < 1.29 is 26.9 Å². The van der Waals surface area contributed by atoms with Crippen molar-refractivity contribution in [3.8, 4) is 29.0 Å². The van der Waals surface area contributed by atoms with Gasteiger partial charge >= 0.3 is 6.18 Å². The monoisotopic (exact) mass is 662 g/mol. The molecule has 240 valence electrons. The van der Waals surface area contributed by atoms with Crippen molar-refractivity contribution in [2.75, 3.05) is 57.8 Å². The molecule has 14 heteroatoms. The summed E-state index contributed by atoms with van der Waals surface area (Å²) in [6.07, 6.45) is -4.53. The average molecular weight is 663 g/mol. The summed E-state index contributed by atoms with van der Waals surface area (Å²) in [4.78, 5) is 6.54. The highest BCUT2D eigenvalue weighted by Crippen LogP contribution is 2.42. The topological polar surface area (TPSA) is 84.3 Å². The molecule has 5 rings (SSSR count). The number of benzene rings is 2. The van der Waals surface area contributed by atoms with E-state index in [1.807, 2.05) is 11.9 Å². The molecule has 1 saturated heterocycles. The Balaban J connectivity index is 1.45. The molecule has 8 nitrogen and oxygen atoms in total. The molecule has 1 fully saturated rings. The third-order valence-electron chi connectivity index (χ3n) is 7.59. The molecule has 0 saturated carbocycles. The predicted octanol–water partition coefficient (Wildman–Crippen LogP) is 5.98. The first-order valence-corrected chi connectivity index (χ1v) is 17.7. The third kappa shape index (κ3) is 7.63. The van der Waals surface area contributed by atoms with Crippen molar-refractivity contribution in [3.05, 3.63) is 47.1 Å². The molecule has 0 spiro atoms. The van der Waals surface area contributed by atoms with Crippen LogP contribution in [0.2, 0.25) is 0 Å². The van der Waals surface area contributed by atoms with Crippen molar-refractivity contribution in [1.29, 1.82) is 0 Å². The number of anilines is 2. The number of piperidine rings is 1. The standard InChI is InChI=1S/C31H35F4N6O2PS/c1-40-13-11-23(22(32)17-40)38-24-9-6-8-19-21(16-31(33,34)35)28(45-29(19)24)10-7-12-36-25-14-20(30-37-18-41(2)39-30)27(44(4,5)42)15-26(25)43-3/h6,8-9,14-15,18,22-23,36,38H,11-13,16-17H2,1-5H3. The van der Waals surface area contributed by atoms with Crippen LogP contribution in [0.25, 0.3) is 21.5 Å². The number of halogens is 4. The maximum absolute atomic E-state index is 14.8. The number of hydrogen-bond acceptors (Lipinski definition) is 8. The van der Waals surface area contributed by atoms with Gasteiger partial charge in [0.2, 0.25) is 0 Å². The number of rotatable bonds is 8. The van der Waals surface area contributed by atoms with Crippen LogP contribution in [0.15, 0.2) is 36.7 Å². The van der Waals surface area contributed by atoms with Gasteiger partial charge in [0.15, 0.2) is 5.82 Å². The molecule has 0 radical (unpaired) electrons. The second-order valence-corrected chi connectivity index (χ2v) is 15.7. The van der Waals surface area contributed by atoms with Crippen LogP contribution < -0.4 is 20.7 Å². The van der Waals surface area contributed by atoms with Gasteiger partial charge in [-0.1, -0.05) is 24.0 Å². The number of nitrogens with one attached hydrogen (secondary N) is 2. The molecule has 2 aromatic carbocycles. The second-order valence-electron chi connectivity index (χ2n) is 11.5. The summed E-state index contributed by atoms with van der Waals surface area (Å²) < 4.78 is 76.7. The zero-order valence-corrected chi connectivity index (χ0v) is 27.3. The number of hydrogen-bond donors (Lipinski definition) is 2. The van der Waals surface area contributed by atoms with E-state index in [4.69, 9.17) is 4.74 Å². The first-order valence-electron chi connectivity index (χ1n) is 14.3. The number of thiophene rings is 1. The zero-order chi connectivity index (χ0) is 32.5. The first-order chi connectivity index (χ1) is 21.2. The fraction of sp³-hybridized carbons (Fsp3) is 0.419. The van der Waals surface area contributed by atoms with E-state index in [2.05, 4.69) is 32.6 Å². The average Bonchev–Trinajstić information content (AvgIpc) is 3.54. The molecular weight excluding hydrogens is 627 g/mol. The van der Waals surface area contributed by atoms with Gasteiger partial charge in [0, 0.05) is 31.0 Å². The van der Waals surface area contributed by atoms with Gasteiger partial charge in [-0.05, 0) is 55.9 Å². The molecule has 45 heavy (non-hydrogen) atoms. The van der Waals surface area contributed by atoms with Crippen LogP contribution in [-0.2, 0) is 18.0 Å². The molecule has 2 N–H and O–H groups in total. The van der Waals surface area contributed by atoms with Gasteiger partial charge in [-0.25, -0.2) is 9.37 Å². The molecular formula is C31H35F4N6O2PS. The van der Waals surface area contributed by atoms with E-state index in [9.17, 15) is 22.1 Å². The van der Waals surface area contributed by atoms with Crippen molar-refractivity contribution in [3.63, 3.8) is 0 Å². The number of alkyl halides is 4. The number of nitrogens with zero attached hydrogens (tertiary/aromatic N) is 4. The van der Waals surface area contributed by atoms with Gasteiger partial charge in [0.05, 0.1) is 47.1 Å². The summed E-state index contributed by atoms with van der Waals surface area (Å²) >= 11 is 1.17. The minimum absolute atomic E-state index is 0.0879. The minimum Gasteiger partial charge on any atom is -0.495 e. The Bertz CT molecular complexity index is 1810. The molecule has 1 aliphatic heterocycles. The largest absolute Gasteiger partial charge is 0.495 e. The van der Waals surface area contributed by atoms with E-state index < -0.39 is 32.0 Å². The van der Waals surface area contributed by atoms with Gasteiger partial charge in [-0.15, -0.1) is 11.3 Å². The van der Waals surface area contributed by atoms with Crippen LogP contribution in [-0.4, -0.2) is 85.2 Å². The van der Waals surface area contributed by atoms with Gasteiger partial charge < -0.3 is 24.8 Å². The van der Waals surface area contributed by atoms with E-state index in [1.165, 1.54) is 18.4 Å². The fourth-order valence-electron chi connectivity index (χ4n) is 5.41. The Morgan fingerprint density at radius 3 is 2.62 bits per heavy atom. The highest BCUT2D eigenvalue weighted by molar-refractivity contribution is 7.70. The number of likely N-dealkylation sites (tertiary alicyclic amines) is 1. The Hall–Kier alpha value is -3.59. The lowest BCUT2D eigenvalue weighted by Crippen LogP contribution is -2.46. The van der Waals surface area contributed by atoms with Gasteiger partial charge in [0.25, 0.3) is 0 Å². The SMILES string of the molecule is COc1cc(P(C)(C)=O)c(-c2ncn(C)n2)cc1NCC#Cc1sc2c(NC3CCN(C)CC3F)cccc2c1CC(F)(F)F.